The first kappa shape index (κ1) is 23.6. The first-order valence-electron chi connectivity index (χ1n) is 11.8. The Morgan fingerprint density at radius 2 is 1.79 bits per heavy atom. The molecule has 2 amide bonds. The number of anilines is 1. The molecule has 178 valence electrons. The molecule has 1 atom stereocenters. The molecule has 1 aromatic heterocycles. The maximum Gasteiger partial charge on any atom is 0.253 e. The van der Waals surface area contributed by atoms with E-state index in [9.17, 15) is 9.59 Å². The monoisotopic (exact) mass is 461 g/mol. The molecule has 1 unspecified atom stereocenters. The predicted molar refractivity (Wildman–Crippen MR) is 130 cm³/mol. The fourth-order valence-electron chi connectivity index (χ4n) is 4.00. The average Bonchev–Trinajstić information content (AvgIpc) is 3.33. The van der Waals surface area contributed by atoms with Gasteiger partial charge in [0.05, 0.1) is 17.8 Å². The van der Waals surface area contributed by atoms with Crippen molar-refractivity contribution in [2.45, 2.75) is 45.7 Å². The van der Waals surface area contributed by atoms with Crippen LogP contribution in [-0.4, -0.2) is 46.0 Å². The summed E-state index contributed by atoms with van der Waals surface area (Å²) in [6.07, 6.45) is 2.30. The van der Waals surface area contributed by atoms with E-state index in [1.165, 1.54) is 0 Å². The van der Waals surface area contributed by atoms with Gasteiger partial charge >= 0.3 is 0 Å². The number of carbonyl (C=O) groups excluding carboxylic acids is 2. The summed E-state index contributed by atoms with van der Waals surface area (Å²) >= 11 is 0. The van der Waals surface area contributed by atoms with Crippen LogP contribution in [0.25, 0.3) is 11.4 Å². The highest BCUT2D eigenvalue weighted by Gasteiger charge is 2.27. The number of rotatable bonds is 8. The zero-order valence-electron chi connectivity index (χ0n) is 19.7. The Labute approximate surface area is 199 Å². The second kappa shape index (κ2) is 11.1. The zero-order chi connectivity index (χ0) is 23.9. The lowest BCUT2D eigenvalue weighted by Crippen LogP contribution is -2.38. The van der Waals surface area contributed by atoms with Crippen molar-refractivity contribution in [1.82, 2.24) is 20.4 Å². The molecule has 4 rings (SSSR count). The number of nitrogens with one attached hydrogen (secondary N) is 2. The van der Waals surface area contributed by atoms with E-state index in [0.29, 0.717) is 29.5 Å². The van der Waals surface area contributed by atoms with Crippen LogP contribution in [0.2, 0.25) is 0 Å². The fourth-order valence-corrected chi connectivity index (χ4v) is 4.00. The van der Waals surface area contributed by atoms with Gasteiger partial charge in [0.15, 0.2) is 0 Å². The molecule has 0 bridgehead atoms. The lowest BCUT2D eigenvalue weighted by Gasteiger charge is -2.30. The van der Waals surface area contributed by atoms with Gasteiger partial charge in [-0.3, -0.25) is 14.5 Å². The minimum absolute atomic E-state index is 0.0485. The number of para-hydroxylation sites is 1. The highest BCUT2D eigenvalue weighted by Crippen LogP contribution is 2.23. The standard InChI is InChI=1S/C26H31N5O3/c1-3-18(2)27-26(33)21-11-7-8-12-22(21)28-25(32)20-13-15-31(16-14-20)17-23-29-24(30-34-23)19-9-5-4-6-10-19/h4-12,18,20H,3,13-17H2,1-2H3,(H,27,33)(H,28,32). The number of amides is 2. The van der Waals surface area contributed by atoms with Gasteiger partial charge in [-0.2, -0.15) is 4.98 Å². The Morgan fingerprint density at radius 3 is 2.53 bits per heavy atom. The van der Waals surface area contributed by atoms with Crippen LogP contribution in [0, 0.1) is 5.92 Å². The SMILES string of the molecule is CCC(C)NC(=O)c1ccccc1NC(=O)C1CCN(Cc2nc(-c3ccccc3)no2)CC1. The number of benzene rings is 2. The number of carbonyl (C=O) groups is 2. The summed E-state index contributed by atoms with van der Waals surface area (Å²) in [6.45, 7) is 6.07. The van der Waals surface area contributed by atoms with Gasteiger partial charge in [0.1, 0.15) is 0 Å². The average molecular weight is 462 g/mol. The van der Waals surface area contributed by atoms with Gasteiger partial charge in [-0.25, -0.2) is 0 Å². The van der Waals surface area contributed by atoms with Crippen molar-refractivity contribution >= 4 is 17.5 Å². The van der Waals surface area contributed by atoms with Crippen molar-refractivity contribution in [3.63, 3.8) is 0 Å². The van der Waals surface area contributed by atoms with Crippen molar-refractivity contribution in [2.75, 3.05) is 18.4 Å². The largest absolute Gasteiger partial charge is 0.350 e. The van der Waals surface area contributed by atoms with Crippen molar-refractivity contribution < 1.29 is 14.1 Å². The van der Waals surface area contributed by atoms with Gasteiger partial charge in [0.2, 0.25) is 17.6 Å². The van der Waals surface area contributed by atoms with E-state index >= 15 is 0 Å². The molecule has 8 heteroatoms. The van der Waals surface area contributed by atoms with E-state index in [1.807, 2.05) is 50.2 Å². The molecule has 0 spiro atoms. The van der Waals surface area contributed by atoms with E-state index < -0.39 is 0 Å². The number of hydrogen-bond donors (Lipinski definition) is 2. The molecule has 0 saturated carbocycles. The molecule has 1 saturated heterocycles. The summed E-state index contributed by atoms with van der Waals surface area (Å²) in [5.74, 6) is 0.829. The molecular formula is C26H31N5O3. The quantitative estimate of drug-likeness (QED) is 0.524. The molecule has 8 nitrogen and oxygen atoms in total. The predicted octanol–water partition coefficient (Wildman–Crippen LogP) is 4.12. The Morgan fingerprint density at radius 1 is 1.09 bits per heavy atom. The first-order chi connectivity index (χ1) is 16.5. The summed E-state index contributed by atoms with van der Waals surface area (Å²) in [5, 5.41) is 10.0. The molecular weight excluding hydrogens is 430 g/mol. The molecule has 1 aliphatic rings. The second-order valence-electron chi connectivity index (χ2n) is 8.75. The van der Waals surface area contributed by atoms with Crippen molar-refractivity contribution in [3.05, 3.63) is 66.1 Å². The lowest BCUT2D eigenvalue weighted by atomic mass is 9.95. The van der Waals surface area contributed by atoms with E-state index in [1.54, 1.807) is 18.2 Å². The molecule has 0 radical (unpaired) electrons. The minimum Gasteiger partial charge on any atom is -0.350 e. The van der Waals surface area contributed by atoms with Crippen LogP contribution in [0.4, 0.5) is 5.69 Å². The number of nitrogens with zero attached hydrogens (tertiary/aromatic N) is 3. The van der Waals surface area contributed by atoms with Gasteiger partial charge < -0.3 is 15.2 Å². The molecule has 1 fully saturated rings. The normalized spacial score (nSPS) is 15.6. The number of aromatic nitrogens is 2. The van der Waals surface area contributed by atoms with E-state index in [-0.39, 0.29) is 23.8 Å². The smallest absolute Gasteiger partial charge is 0.253 e. The number of likely N-dealkylation sites (tertiary alicyclic amines) is 1. The third-order valence-electron chi connectivity index (χ3n) is 6.24. The third kappa shape index (κ3) is 5.88. The molecule has 3 aromatic rings. The summed E-state index contributed by atoms with van der Waals surface area (Å²) in [4.78, 5) is 32.3. The second-order valence-corrected chi connectivity index (χ2v) is 8.75. The Balaban J connectivity index is 1.30. The van der Waals surface area contributed by atoms with Crippen molar-refractivity contribution in [2.24, 2.45) is 5.92 Å². The van der Waals surface area contributed by atoms with Crippen LogP contribution < -0.4 is 10.6 Å². The van der Waals surface area contributed by atoms with Gasteiger partial charge in [0, 0.05) is 17.5 Å². The highest BCUT2D eigenvalue weighted by atomic mass is 16.5. The maximum absolute atomic E-state index is 12.9. The molecule has 2 heterocycles. The highest BCUT2D eigenvalue weighted by molar-refractivity contribution is 6.04. The summed E-state index contributed by atoms with van der Waals surface area (Å²) < 4.78 is 5.43. The van der Waals surface area contributed by atoms with E-state index in [0.717, 1.165) is 37.9 Å². The van der Waals surface area contributed by atoms with E-state index in [2.05, 4.69) is 25.7 Å². The van der Waals surface area contributed by atoms with Crippen LogP contribution in [0.3, 0.4) is 0 Å². The molecule has 1 aliphatic heterocycles. The zero-order valence-corrected chi connectivity index (χ0v) is 19.7. The Kier molecular flexibility index (Phi) is 7.69. The summed E-state index contributed by atoms with van der Waals surface area (Å²) in [6, 6.07) is 17.0. The van der Waals surface area contributed by atoms with Crippen LogP contribution in [0.1, 0.15) is 49.4 Å². The Bertz CT molecular complexity index is 1110. The van der Waals surface area contributed by atoms with Crippen molar-refractivity contribution in [3.8, 4) is 11.4 Å². The molecule has 2 aromatic carbocycles. The fraction of sp³-hybridized carbons (Fsp3) is 0.385. The summed E-state index contributed by atoms with van der Waals surface area (Å²) in [7, 11) is 0. The van der Waals surface area contributed by atoms with Crippen LogP contribution in [-0.2, 0) is 11.3 Å². The summed E-state index contributed by atoms with van der Waals surface area (Å²) in [5.41, 5.74) is 1.96. The first-order valence-corrected chi connectivity index (χ1v) is 11.8. The minimum atomic E-state index is -0.172. The van der Waals surface area contributed by atoms with Gasteiger partial charge in [-0.15, -0.1) is 0 Å². The topological polar surface area (TPSA) is 100 Å². The van der Waals surface area contributed by atoms with Gasteiger partial charge in [0.25, 0.3) is 5.91 Å². The molecule has 2 N–H and O–H groups in total. The van der Waals surface area contributed by atoms with Gasteiger partial charge in [-0.05, 0) is 51.4 Å². The lowest BCUT2D eigenvalue weighted by molar-refractivity contribution is -0.121. The van der Waals surface area contributed by atoms with Crippen molar-refractivity contribution in [1.29, 1.82) is 0 Å². The Hall–Kier alpha value is -3.52. The van der Waals surface area contributed by atoms with Crippen LogP contribution in [0.5, 0.6) is 0 Å². The van der Waals surface area contributed by atoms with Gasteiger partial charge in [-0.1, -0.05) is 54.5 Å². The van der Waals surface area contributed by atoms with E-state index in [4.69, 9.17) is 4.52 Å². The molecule has 0 aliphatic carbocycles. The van der Waals surface area contributed by atoms with Crippen LogP contribution in [0.15, 0.2) is 59.1 Å². The van der Waals surface area contributed by atoms with Crippen LogP contribution >= 0.6 is 0 Å². The third-order valence-corrected chi connectivity index (χ3v) is 6.24. The maximum atomic E-state index is 12.9. The molecule has 34 heavy (non-hydrogen) atoms. The number of piperidine rings is 1. The number of hydrogen-bond acceptors (Lipinski definition) is 6.